The Bertz CT molecular complexity index is 468. The third-order valence-corrected chi connectivity index (χ3v) is 5.52. The van der Waals surface area contributed by atoms with Crippen molar-refractivity contribution in [3.05, 3.63) is 34.3 Å². The zero-order chi connectivity index (χ0) is 14.3. The van der Waals surface area contributed by atoms with Crippen LogP contribution in [-0.4, -0.2) is 31.6 Å². The molecule has 0 aliphatic heterocycles. The van der Waals surface area contributed by atoms with Crippen molar-refractivity contribution in [1.82, 2.24) is 0 Å². The maximum absolute atomic E-state index is 11.4. The lowest BCUT2D eigenvalue weighted by Crippen LogP contribution is -2.14. The van der Waals surface area contributed by atoms with Gasteiger partial charge in [0.2, 0.25) is 0 Å². The molecular weight excluding hydrogens is 328 g/mol. The molecule has 1 rings (SSSR count). The molecule has 1 aromatic rings. The highest BCUT2D eigenvalue weighted by Crippen LogP contribution is 2.17. The number of hydrogen-bond donors (Lipinski definition) is 1. The Morgan fingerprint density at radius 1 is 1.26 bits per heavy atom. The van der Waals surface area contributed by atoms with Crippen LogP contribution in [0.25, 0.3) is 0 Å². The van der Waals surface area contributed by atoms with Gasteiger partial charge in [-0.25, -0.2) is 8.42 Å². The average Bonchev–Trinajstić information content (AvgIpc) is 2.40. The summed E-state index contributed by atoms with van der Waals surface area (Å²) in [4.78, 5) is 0. The number of rotatable bonds is 8. The van der Waals surface area contributed by atoms with Gasteiger partial charge in [-0.1, -0.05) is 35.0 Å². The van der Waals surface area contributed by atoms with Gasteiger partial charge in [0.1, 0.15) is 9.84 Å². The monoisotopic (exact) mass is 348 g/mol. The van der Waals surface area contributed by atoms with Gasteiger partial charge in [0.25, 0.3) is 0 Å². The van der Waals surface area contributed by atoms with Crippen molar-refractivity contribution >= 4 is 25.8 Å². The Morgan fingerprint density at radius 2 is 1.89 bits per heavy atom. The molecular formula is C14H21BrO3S. The van der Waals surface area contributed by atoms with Gasteiger partial charge in [-0.3, -0.25) is 0 Å². The first-order valence-electron chi connectivity index (χ1n) is 6.52. The first kappa shape index (κ1) is 16.7. The molecule has 0 heterocycles. The predicted molar refractivity (Wildman–Crippen MR) is 82.0 cm³/mol. The Kier molecular flexibility index (Phi) is 7.04. The molecule has 0 saturated carbocycles. The van der Waals surface area contributed by atoms with Crippen molar-refractivity contribution in [2.45, 2.75) is 26.2 Å². The number of benzene rings is 1. The largest absolute Gasteiger partial charge is 0.396 e. The summed E-state index contributed by atoms with van der Waals surface area (Å²) in [5.74, 6) is 0.553. The highest BCUT2D eigenvalue weighted by Gasteiger charge is 2.12. The van der Waals surface area contributed by atoms with Crippen LogP contribution >= 0.6 is 15.9 Å². The molecule has 1 atom stereocenters. The minimum atomic E-state index is -2.89. The summed E-state index contributed by atoms with van der Waals surface area (Å²) in [6.07, 6.45) is 2.15. The van der Waals surface area contributed by atoms with Crippen LogP contribution in [0.1, 0.15) is 25.3 Å². The van der Waals surface area contributed by atoms with Gasteiger partial charge < -0.3 is 5.11 Å². The Balaban J connectivity index is 2.44. The topological polar surface area (TPSA) is 54.4 Å². The van der Waals surface area contributed by atoms with E-state index in [2.05, 4.69) is 15.9 Å². The average molecular weight is 349 g/mol. The quantitative estimate of drug-likeness (QED) is 0.785. The van der Waals surface area contributed by atoms with Gasteiger partial charge in [-0.05, 0) is 42.9 Å². The maximum Gasteiger partial charge on any atom is 0.150 e. The fourth-order valence-corrected chi connectivity index (χ4v) is 3.11. The first-order valence-corrected chi connectivity index (χ1v) is 9.14. The molecule has 0 aliphatic rings. The molecule has 19 heavy (non-hydrogen) atoms. The molecule has 108 valence electrons. The van der Waals surface area contributed by atoms with Gasteiger partial charge in [0.05, 0.1) is 5.75 Å². The van der Waals surface area contributed by atoms with E-state index in [0.717, 1.165) is 17.3 Å². The van der Waals surface area contributed by atoms with Crippen LogP contribution in [-0.2, 0) is 16.3 Å². The standard InChI is InChI=1S/C14H21BrO3S/c1-2-19(17,18)9-3-4-13(11-16)10-12-5-7-14(15)8-6-12/h5-8,13,16H,2-4,9-11H2,1H3. The van der Waals surface area contributed by atoms with Crippen molar-refractivity contribution in [3.8, 4) is 0 Å². The molecule has 0 fully saturated rings. The Hall–Kier alpha value is -0.390. The molecule has 1 aromatic carbocycles. The van der Waals surface area contributed by atoms with E-state index >= 15 is 0 Å². The van der Waals surface area contributed by atoms with Gasteiger partial charge in [0.15, 0.2) is 0 Å². The van der Waals surface area contributed by atoms with Crippen LogP contribution in [0.4, 0.5) is 0 Å². The molecule has 0 bridgehead atoms. The van der Waals surface area contributed by atoms with Gasteiger partial charge in [-0.15, -0.1) is 0 Å². The predicted octanol–water partition coefficient (Wildman–Crippen LogP) is 2.82. The normalized spacial score (nSPS) is 13.4. The van der Waals surface area contributed by atoms with Crippen LogP contribution < -0.4 is 0 Å². The molecule has 0 amide bonds. The lowest BCUT2D eigenvalue weighted by Gasteiger charge is -2.14. The molecule has 5 heteroatoms. The van der Waals surface area contributed by atoms with Gasteiger partial charge >= 0.3 is 0 Å². The summed E-state index contributed by atoms with van der Waals surface area (Å²) in [5, 5.41) is 9.37. The van der Waals surface area contributed by atoms with Crippen LogP contribution in [0, 0.1) is 5.92 Å². The van der Waals surface area contributed by atoms with E-state index < -0.39 is 9.84 Å². The molecule has 0 aromatic heterocycles. The summed E-state index contributed by atoms with van der Waals surface area (Å²) < 4.78 is 23.8. The summed E-state index contributed by atoms with van der Waals surface area (Å²) in [5.41, 5.74) is 1.17. The molecule has 1 N–H and O–H groups in total. The molecule has 0 radical (unpaired) electrons. The first-order chi connectivity index (χ1) is 8.96. The van der Waals surface area contributed by atoms with Crippen molar-refractivity contribution in [2.24, 2.45) is 5.92 Å². The van der Waals surface area contributed by atoms with Crippen molar-refractivity contribution in [1.29, 1.82) is 0 Å². The van der Waals surface area contributed by atoms with Crippen LogP contribution in [0.3, 0.4) is 0 Å². The van der Waals surface area contributed by atoms with Gasteiger partial charge in [-0.2, -0.15) is 0 Å². The van der Waals surface area contributed by atoms with Gasteiger partial charge in [0, 0.05) is 16.8 Å². The highest BCUT2D eigenvalue weighted by atomic mass is 79.9. The van der Waals surface area contributed by atoms with E-state index in [-0.39, 0.29) is 24.0 Å². The highest BCUT2D eigenvalue weighted by molar-refractivity contribution is 9.10. The number of hydrogen-bond acceptors (Lipinski definition) is 3. The summed E-state index contributed by atoms with van der Waals surface area (Å²) in [6.45, 7) is 1.77. The van der Waals surface area contributed by atoms with Crippen LogP contribution in [0.15, 0.2) is 28.7 Å². The van der Waals surface area contributed by atoms with Crippen molar-refractivity contribution in [3.63, 3.8) is 0 Å². The van der Waals surface area contributed by atoms with E-state index in [1.807, 2.05) is 24.3 Å². The van der Waals surface area contributed by atoms with E-state index in [1.54, 1.807) is 6.92 Å². The SMILES string of the molecule is CCS(=O)(=O)CCCC(CO)Cc1ccc(Br)cc1. The molecule has 3 nitrogen and oxygen atoms in total. The van der Waals surface area contributed by atoms with Crippen LogP contribution in [0.5, 0.6) is 0 Å². The van der Waals surface area contributed by atoms with E-state index in [9.17, 15) is 13.5 Å². The minimum Gasteiger partial charge on any atom is -0.396 e. The van der Waals surface area contributed by atoms with E-state index in [1.165, 1.54) is 5.56 Å². The van der Waals surface area contributed by atoms with Crippen molar-refractivity contribution < 1.29 is 13.5 Å². The third-order valence-electron chi connectivity index (χ3n) is 3.20. The number of sulfone groups is 1. The van der Waals surface area contributed by atoms with E-state index in [4.69, 9.17) is 0 Å². The second-order valence-electron chi connectivity index (χ2n) is 4.76. The number of aliphatic hydroxyl groups excluding tert-OH is 1. The maximum atomic E-state index is 11.4. The molecule has 0 saturated heterocycles. The zero-order valence-corrected chi connectivity index (χ0v) is 13.6. The van der Waals surface area contributed by atoms with Crippen LogP contribution in [0.2, 0.25) is 0 Å². The molecule has 0 aliphatic carbocycles. The number of halogens is 1. The zero-order valence-electron chi connectivity index (χ0n) is 11.2. The third kappa shape index (κ3) is 6.54. The van der Waals surface area contributed by atoms with E-state index in [0.29, 0.717) is 6.42 Å². The fraction of sp³-hybridized carbons (Fsp3) is 0.571. The number of aliphatic hydroxyl groups is 1. The Morgan fingerprint density at radius 3 is 2.42 bits per heavy atom. The second kappa shape index (κ2) is 8.02. The summed E-state index contributed by atoms with van der Waals surface area (Å²) in [6, 6.07) is 8.00. The second-order valence-corrected chi connectivity index (χ2v) is 8.15. The van der Waals surface area contributed by atoms with Crippen molar-refractivity contribution in [2.75, 3.05) is 18.1 Å². The summed E-state index contributed by atoms with van der Waals surface area (Å²) in [7, 11) is -2.89. The Labute approximate surface area is 124 Å². The lowest BCUT2D eigenvalue weighted by atomic mass is 9.96. The summed E-state index contributed by atoms with van der Waals surface area (Å²) >= 11 is 3.38. The fourth-order valence-electron chi connectivity index (χ4n) is 1.95. The lowest BCUT2D eigenvalue weighted by molar-refractivity contribution is 0.217. The minimum absolute atomic E-state index is 0.0994. The smallest absolute Gasteiger partial charge is 0.150 e. The molecule has 1 unspecified atom stereocenters. The molecule has 0 spiro atoms.